The Balaban J connectivity index is 2.39. The highest BCUT2D eigenvalue weighted by atomic mass is 16.1. The van der Waals surface area contributed by atoms with Gasteiger partial charge in [-0.3, -0.25) is 9.69 Å². The van der Waals surface area contributed by atoms with Crippen LogP contribution in [0.3, 0.4) is 0 Å². The number of nitrogens with zero attached hydrogens (tertiary/aromatic N) is 1. The van der Waals surface area contributed by atoms with Crippen molar-refractivity contribution in [1.29, 1.82) is 0 Å². The van der Waals surface area contributed by atoms with Crippen molar-refractivity contribution >= 4 is 5.91 Å². The lowest BCUT2D eigenvalue weighted by Gasteiger charge is -2.19. The minimum Gasteiger partial charge on any atom is -0.368 e. The number of amides is 1. The van der Waals surface area contributed by atoms with Crippen molar-refractivity contribution in [3.05, 3.63) is 12.2 Å². The predicted molar refractivity (Wildman–Crippen MR) is 53.2 cm³/mol. The number of hydrogen-bond acceptors (Lipinski definition) is 2. The molecule has 1 saturated heterocycles. The van der Waals surface area contributed by atoms with E-state index in [2.05, 4.69) is 24.0 Å². The topological polar surface area (TPSA) is 46.3 Å². The molecule has 1 aliphatic rings. The molecule has 0 spiro atoms. The zero-order chi connectivity index (χ0) is 9.68. The average molecular weight is 182 g/mol. The molecule has 0 aromatic heterocycles. The van der Waals surface area contributed by atoms with Gasteiger partial charge in [-0.25, -0.2) is 0 Å². The Labute approximate surface area is 79.6 Å². The molecule has 1 aliphatic heterocycles. The van der Waals surface area contributed by atoms with Crippen LogP contribution in [-0.4, -0.2) is 29.9 Å². The van der Waals surface area contributed by atoms with Crippen molar-refractivity contribution in [3.8, 4) is 0 Å². The minimum atomic E-state index is -0.178. The number of carbonyl (C=O) groups is 1. The molecule has 13 heavy (non-hydrogen) atoms. The van der Waals surface area contributed by atoms with Gasteiger partial charge in [0.1, 0.15) is 0 Å². The van der Waals surface area contributed by atoms with Crippen molar-refractivity contribution in [3.63, 3.8) is 0 Å². The Morgan fingerprint density at radius 3 is 3.00 bits per heavy atom. The average Bonchev–Trinajstić information content (AvgIpc) is 2.53. The molecule has 0 unspecified atom stereocenters. The van der Waals surface area contributed by atoms with Crippen LogP contribution in [0, 0.1) is 0 Å². The van der Waals surface area contributed by atoms with Crippen LogP contribution in [0.2, 0.25) is 0 Å². The summed E-state index contributed by atoms with van der Waals surface area (Å²) >= 11 is 0. The van der Waals surface area contributed by atoms with E-state index in [-0.39, 0.29) is 11.9 Å². The third-order valence-electron chi connectivity index (χ3n) is 2.43. The second-order valence-corrected chi connectivity index (χ2v) is 3.43. The number of carbonyl (C=O) groups excluding carboxylic acids is 1. The molecule has 3 heteroatoms. The van der Waals surface area contributed by atoms with E-state index >= 15 is 0 Å². The highest BCUT2D eigenvalue weighted by Crippen LogP contribution is 2.16. The van der Waals surface area contributed by atoms with Crippen LogP contribution in [0.1, 0.15) is 26.2 Å². The molecule has 0 bridgehead atoms. The third kappa shape index (κ3) is 2.84. The van der Waals surface area contributed by atoms with Crippen LogP contribution in [-0.2, 0) is 4.79 Å². The van der Waals surface area contributed by atoms with Crippen LogP contribution in [0.25, 0.3) is 0 Å². The molecule has 0 aromatic carbocycles. The maximum atomic E-state index is 11.0. The molecular formula is C10H18N2O. The van der Waals surface area contributed by atoms with Crippen molar-refractivity contribution < 1.29 is 4.79 Å². The lowest BCUT2D eigenvalue weighted by atomic mass is 10.2. The first-order valence-corrected chi connectivity index (χ1v) is 4.94. The summed E-state index contributed by atoms with van der Waals surface area (Å²) in [6.07, 6.45) is 7.30. The first kappa shape index (κ1) is 10.3. The van der Waals surface area contributed by atoms with Gasteiger partial charge in [-0.05, 0) is 25.8 Å². The first-order chi connectivity index (χ1) is 6.25. The Morgan fingerprint density at radius 2 is 2.38 bits per heavy atom. The summed E-state index contributed by atoms with van der Waals surface area (Å²) in [4.78, 5) is 13.1. The molecule has 0 aliphatic carbocycles. The normalized spacial score (nSPS) is 24.2. The highest BCUT2D eigenvalue weighted by molar-refractivity contribution is 5.80. The van der Waals surface area contributed by atoms with Gasteiger partial charge in [0.25, 0.3) is 0 Å². The number of likely N-dealkylation sites (tertiary alicyclic amines) is 1. The van der Waals surface area contributed by atoms with Gasteiger partial charge in [-0.1, -0.05) is 19.1 Å². The predicted octanol–water partition coefficient (Wildman–Crippen LogP) is 0.902. The number of rotatable bonds is 4. The molecular weight excluding hydrogens is 164 g/mol. The fourth-order valence-corrected chi connectivity index (χ4v) is 1.74. The van der Waals surface area contributed by atoms with Gasteiger partial charge >= 0.3 is 0 Å². The van der Waals surface area contributed by atoms with E-state index in [0.717, 1.165) is 32.4 Å². The van der Waals surface area contributed by atoms with Crippen LogP contribution < -0.4 is 5.73 Å². The molecule has 1 heterocycles. The zero-order valence-electron chi connectivity index (χ0n) is 8.20. The molecule has 1 amide bonds. The van der Waals surface area contributed by atoms with Gasteiger partial charge in [0.15, 0.2) is 0 Å². The Kier molecular flexibility index (Phi) is 3.96. The fourth-order valence-electron chi connectivity index (χ4n) is 1.74. The van der Waals surface area contributed by atoms with Crippen molar-refractivity contribution in [1.82, 2.24) is 4.90 Å². The summed E-state index contributed by atoms with van der Waals surface area (Å²) in [6.45, 7) is 3.97. The van der Waals surface area contributed by atoms with E-state index in [1.165, 1.54) is 0 Å². The van der Waals surface area contributed by atoms with Crippen LogP contribution in [0.4, 0.5) is 0 Å². The van der Waals surface area contributed by atoms with Crippen molar-refractivity contribution in [2.24, 2.45) is 5.73 Å². The summed E-state index contributed by atoms with van der Waals surface area (Å²) in [6, 6.07) is -0.0264. The Morgan fingerprint density at radius 1 is 1.62 bits per heavy atom. The van der Waals surface area contributed by atoms with Gasteiger partial charge < -0.3 is 5.73 Å². The molecule has 0 saturated carbocycles. The Hall–Kier alpha value is -0.830. The second-order valence-electron chi connectivity index (χ2n) is 3.43. The van der Waals surface area contributed by atoms with E-state index in [4.69, 9.17) is 5.73 Å². The van der Waals surface area contributed by atoms with Crippen molar-refractivity contribution in [2.75, 3.05) is 13.1 Å². The molecule has 1 atom stereocenters. The summed E-state index contributed by atoms with van der Waals surface area (Å²) < 4.78 is 0. The quantitative estimate of drug-likeness (QED) is 0.657. The van der Waals surface area contributed by atoms with E-state index in [1.54, 1.807) is 0 Å². The van der Waals surface area contributed by atoms with Gasteiger partial charge in [0.05, 0.1) is 6.04 Å². The molecule has 1 rings (SSSR count). The maximum Gasteiger partial charge on any atom is 0.234 e. The second kappa shape index (κ2) is 5.02. The number of allylic oxidation sites excluding steroid dienone is 1. The Bertz CT molecular complexity index is 201. The molecule has 1 fully saturated rings. The maximum absolute atomic E-state index is 11.0. The van der Waals surface area contributed by atoms with E-state index in [0.29, 0.717) is 0 Å². The minimum absolute atomic E-state index is 0.0264. The van der Waals surface area contributed by atoms with E-state index < -0.39 is 0 Å². The first-order valence-electron chi connectivity index (χ1n) is 4.94. The smallest absolute Gasteiger partial charge is 0.234 e. The van der Waals surface area contributed by atoms with E-state index in [1.807, 2.05) is 0 Å². The summed E-state index contributed by atoms with van der Waals surface area (Å²) in [5, 5.41) is 0. The van der Waals surface area contributed by atoms with Crippen LogP contribution in [0.5, 0.6) is 0 Å². The summed E-state index contributed by atoms with van der Waals surface area (Å²) in [5.74, 6) is -0.178. The zero-order valence-corrected chi connectivity index (χ0v) is 8.20. The van der Waals surface area contributed by atoms with Gasteiger partial charge in [-0.2, -0.15) is 0 Å². The standard InChI is InChI=1S/C10H18N2O/c1-2-3-4-7-12-8-5-6-9(12)10(11)13/h3-4,9H,2,5-8H2,1H3,(H2,11,13)/b4-3+/t9-/m1/s1. The fraction of sp³-hybridized carbons (Fsp3) is 0.700. The molecule has 3 nitrogen and oxygen atoms in total. The van der Waals surface area contributed by atoms with Gasteiger partial charge in [0, 0.05) is 6.54 Å². The third-order valence-corrected chi connectivity index (χ3v) is 2.43. The number of nitrogens with two attached hydrogens (primary N) is 1. The highest BCUT2D eigenvalue weighted by Gasteiger charge is 2.27. The molecule has 74 valence electrons. The summed E-state index contributed by atoms with van der Waals surface area (Å²) in [7, 11) is 0. The lowest BCUT2D eigenvalue weighted by Crippen LogP contribution is -2.40. The number of primary amides is 1. The summed E-state index contributed by atoms with van der Waals surface area (Å²) in [5.41, 5.74) is 5.29. The van der Waals surface area contributed by atoms with Crippen LogP contribution in [0.15, 0.2) is 12.2 Å². The SMILES string of the molecule is CC/C=C/CN1CCC[C@@H]1C(N)=O. The van der Waals surface area contributed by atoms with Gasteiger partial charge in [-0.15, -0.1) is 0 Å². The largest absolute Gasteiger partial charge is 0.368 e. The molecule has 0 aromatic rings. The lowest BCUT2D eigenvalue weighted by molar-refractivity contribution is -0.122. The van der Waals surface area contributed by atoms with Crippen LogP contribution >= 0.6 is 0 Å². The van der Waals surface area contributed by atoms with Crippen molar-refractivity contribution in [2.45, 2.75) is 32.2 Å². The molecule has 0 radical (unpaired) electrons. The number of hydrogen-bond donors (Lipinski definition) is 1. The molecule has 2 N–H and O–H groups in total. The van der Waals surface area contributed by atoms with E-state index in [9.17, 15) is 4.79 Å². The monoisotopic (exact) mass is 182 g/mol. The van der Waals surface area contributed by atoms with Gasteiger partial charge in [0.2, 0.25) is 5.91 Å².